The lowest BCUT2D eigenvalue weighted by atomic mass is 9.69. The summed E-state index contributed by atoms with van der Waals surface area (Å²) in [6.45, 7) is 5.32. The summed E-state index contributed by atoms with van der Waals surface area (Å²) >= 11 is 0. The first-order chi connectivity index (χ1) is 13.1. The molecule has 0 aromatic carbocycles. The molecule has 154 valence electrons. The van der Waals surface area contributed by atoms with Gasteiger partial charge in [-0.1, -0.05) is 19.8 Å². The van der Waals surface area contributed by atoms with Crippen LogP contribution in [0.15, 0.2) is 36.3 Å². The summed E-state index contributed by atoms with van der Waals surface area (Å²) in [6.07, 6.45) is 15.6. The molecule has 0 heterocycles. The molecule has 0 bridgehead atoms. The zero-order chi connectivity index (χ0) is 19.5. The molecule has 0 unspecified atom stereocenters. The van der Waals surface area contributed by atoms with E-state index in [1.165, 1.54) is 38.5 Å². The van der Waals surface area contributed by atoms with Crippen molar-refractivity contribution in [2.45, 2.75) is 71.6 Å². The standard InChI is InChI=1S/C23H36F2O2/c1-3-26-15-5-4-6-23(22(25)16-24)27-17-19-9-13-21(14-10-19)20-11-7-18(2)8-12-20/h5-6,15-16,18-21H,3-4,7-14,17H2,1-2H3/b15-5+,22-16-,23-6+. The molecule has 27 heavy (non-hydrogen) atoms. The molecular weight excluding hydrogens is 346 g/mol. The summed E-state index contributed by atoms with van der Waals surface area (Å²) in [6, 6.07) is 0. The largest absolute Gasteiger partial charge is 0.502 e. The highest BCUT2D eigenvalue weighted by Crippen LogP contribution is 2.41. The predicted octanol–water partition coefficient (Wildman–Crippen LogP) is 7.24. The van der Waals surface area contributed by atoms with Crippen LogP contribution in [0.3, 0.4) is 0 Å². The third kappa shape index (κ3) is 7.67. The fraction of sp³-hybridized carbons (Fsp3) is 0.739. The van der Waals surface area contributed by atoms with E-state index < -0.39 is 5.83 Å². The van der Waals surface area contributed by atoms with Crippen LogP contribution < -0.4 is 0 Å². The Bertz CT molecular complexity index is 497. The SMILES string of the molecule is CCO/C=C/C/C=C(OCC1CCC(C2CCC(C)CC2)CC1)\C(F)=C\F. The van der Waals surface area contributed by atoms with Crippen LogP contribution in [0.5, 0.6) is 0 Å². The minimum absolute atomic E-state index is 0.00189. The Hall–Kier alpha value is -1.32. The van der Waals surface area contributed by atoms with Gasteiger partial charge >= 0.3 is 0 Å². The Kier molecular flexibility index (Phi) is 9.93. The second-order valence-corrected chi connectivity index (χ2v) is 8.20. The van der Waals surface area contributed by atoms with Crippen molar-refractivity contribution in [2.24, 2.45) is 23.7 Å². The maximum Gasteiger partial charge on any atom is 0.192 e. The van der Waals surface area contributed by atoms with E-state index in [2.05, 4.69) is 6.92 Å². The van der Waals surface area contributed by atoms with Gasteiger partial charge in [-0.2, -0.15) is 0 Å². The quantitative estimate of drug-likeness (QED) is 0.309. The minimum atomic E-state index is -0.940. The van der Waals surface area contributed by atoms with Crippen LogP contribution in [-0.2, 0) is 9.47 Å². The molecule has 0 saturated heterocycles. The molecule has 2 aliphatic rings. The van der Waals surface area contributed by atoms with Crippen molar-refractivity contribution in [3.63, 3.8) is 0 Å². The van der Waals surface area contributed by atoms with Gasteiger partial charge in [0, 0.05) is 0 Å². The van der Waals surface area contributed by atoms with Crippen LogP contribution in [0.25, 0.3) is 0 Å². The highest BCUT2D eigenvalue weighted by atomic mass is 19.2. The highest BCUT2D eigenvalue weighted by Gasteiger charge is 2.30. The number of halogens is 2. The van der Waals surface area contributed by atoms with Gasteiger partial charge in [0.1, 0.15) is 6.33 Å². The van der Waals surface area contributed by atoms with Crippen LogP contribution in [0.4, 0.5) is 8.78 Å². The van der Waals surface area contributed by atoms with Gasteiger partial charge < -0.3 is 9.47 Å². The van der Waals surface area contributed by atoms with Crippen LogP contribution in [-0.4, -0.2) is 13.2 Å². The smallest absolute Gasteiger partial charge is 0.192 e. The minimum Gasteiger partial charge on any atom is -0.502 e. The van der Waals surface area contributed by atoms with E-state index in [4.69, 9.17) is 9.47 Å². The van der Waals surface area contributed by atoms with Gasteiger partial charge in [0.2, 0.25) is 0 Å². The first kappa shape index (κ1) is 22.0. The Balaban J connectivity index is 1.74. The fourth-order valence-corrected chi connectivity index (χ4v) is 4.47. The molecule has 0 atom stereocenters. The molecule has 2 aliphatic carbocycles. The van der Waals surface area contributed by atoms with Crippen molar-refractivity contribution in [2.75, 3.05) is 13.2 Å². The topological polar surface area (TPSA) is 18.5 Å². The van der Waals surface area contributed by atoms with E-state index in [1.807, 2.05) is 6.92 Å². The van der Waals surface area contributed by atoms with Crippen LogP contribution in [0.2, 0.25) is 0 Å². The number of hydrogen-bond donors (Lipinski definition) is 0. The van der Waals surface area contributed by atoms with Crippen molar-refractivity contribution in [1.29, 1.82) is 0 Å². The van der Waals surface area contributed by atoms with E-state index >= 15 is 0 Å². The molecular formula is C23H36F2O2. The molecule has 0 amide bonds. The summed E-state index contributed by atoms with van der Waals surface area (Å²) in [5, 5.41) is 0. The van der Waals surface area contributed by atoms with Crippen LogP contribution >= 0.6 is 0 Å². The van der Waals surface area contributed by atoms with E-state index in [0.717, 1.165) is 30.6 Å². The Morgan fingerprint density at radius 2 is 1.63 bits per heavy atom. The first-order valence-corrected chi connectivity index (χ1v) is 10.7. The lowest BCUT2D eigenvalue weighted by Gasteiger charge is -2.37. The van der Waals surface area contributed by atoms with Crippen molar-refractivity contribution in [1.82, 2.24) is 0 Å². The number of ether oxygens (including phenoxy) is 2. The van der Waals surface area contributed by atoms with E-state index in [0.29, 0.717) is 25.6 Å². The maximum atomic E-state index is 13.7. The average Bonchev–Trinajstić information content (AvgIpc) is 2.70. The first-order valence-electron chi connectivity index (χ1n) is 10.7. The Labute approximate surface area is 163 Å². The van der Waals surface area contributed by atoms with Crippen molar-refractivity contribution < 1.29 is 18.3 Å². The maximum absolute atomic E-state index is 13.7. The van der Waals surface area contributed by atoms with Gasteiger partial charge in [-0.25, -0.2) is 8.78 Å². The third-order valence-corrected chi connectivity index (χ3v) is 6.22. The Morgan fingerprint density at radius 3 is 2.22 bits per heavy atom. The second kappa shape index (κ2) is 12.2. The Morgan fingerprint density at radius 1 is 1.00 bits per heavy atom. The number of hydrogen-bond acceptors (Lipinski definition) is 2. The molecule has 4 heteroatoms. The predicted molar refractivity (Wildman–Crippen MR) is 106 cm³/mol. The number of rotatable bonds is 9. The molecule has 0 aliphatic heterocycles. The van der Waals surface area contributed by atoms with E-state index in [-0.39, 0.29) is 12.1 Å². The van der Waals surface area contributed by atoms with Gasteiger partial charge in [0.15, 0.2) is 11.6 Å². The van der Waals surface area contributed by atoms with Crippen molar-refractivity contribution in [3.8, 4) is 0 Å². The summed E-state index contributed by atoms with van der Waals surface area (Å²) in [5.74, 6) is 2.17. The fourth-order valence-electron chi connectivity index (χ4n) is 4.47. The van der Waals surface area contributed by atoms with Gasteiger partial charge in [0.25, 0.3) is 0 Å². The van der Waals surface area contributed by atoms with Gasteiger partial charge in [-0.15, -0.1) is 0 Å². The summed E-state index contributed by atoms with van der Waals surface area (Å²) in [4.78, 5) is 0. The summed E-state index contributed by atoms with van der Waals surface area (Å²) < 4.78 is 37.0. The molecule has 0 aromatic heterocycles. The highest BCUT2D eigenvalue weighted by molar-refractivity contribution is 5.18. The molecule has 0 radical (unpaired) electrons. The van der Waals surface area contributed by atoms with Crippen LogP contribution in [0, 0.1) is 23.7 Å². The van der Waals surface area contributed by atoms with Gasteiger partial charge in [-0.3, -0.25) is 0 Å². The monoisotopic (exact) mass is 382 g/mol. The molecule has 2 saturated carbocycles. The second-order valence-electron chi connectivity index (χ2n) is 8.20. The molecule has 0 spiro atoms. The normalized spacial score (nSPS) is 30.5. The lowest BCUT2D eigenvalue weighted by Crippen LogP contribution is -2.26. The molecule has 0 N–H and O–H groups in total. The zero-order valence-electron chi connectivity index (χ0n) is 17.0. The third-order valence-electron chi connectivity index (χ3n) is 6.22. The van der Waals surface area contributed by atoms with E-state index in [1.54, 1.807) is 18.4 Å². The molecule has 2 nitrogen and oxygen atoms in total. The summed E-state index contributed by atoms with van der Waals surface area (Å²) in [7, 11) is 0. The summed E-state index contributed by atoms with van der Waals surface area (Å²) in [5.41, 5.74) is 0. The molecule has 2 fully saturated rings. The van der Waals surface area contributed by atoms with Gasteiger partial charge in [0.05, 0.1) is 19.5 Å². The van der Waals surface area contributed by atoms with E-state index in [9.17, 15) is 8.78 Å². The number of allylic oxidation sites excluding steroid dienone is 3. The average molecular weight is 383 g/mol. The lowest BCUT2D eigenvalue weighted by molar-refractivity contribution is 0.0995. The molecule has 2 rings (SSSR count). The van der Waals surface area contributed by atoms with Crippen LogP contribution in [0.1, 0.15) is 71.6 Å². The van der Waals surface area contributed by atoms with Crippen molar-refractivity contribution >= 4 is 0 Å². The van der Waals surface area contributed by atoms with Gasteiger partial charge in [-0.05, 0) is 87.7 Å². The zero-order valence-corrected chi connectivity index (χ0v) is 17.0. The molecule has 0 aromatic rings. The van der Waals surface area contributed by atoms with Crippen molar-refractivity contribution in [3.05, 3.63) is 36.3 Å².